The first-order valence-electron chi connectivity index (χ1n) is 5.84. The highest BCUT2D eigenvalue weighted by Gasteiger charge is 2.31. The number of sulfonamides is 1. The minimum atomic E-state index is -3.66. The van der Waals surface area contributed by atoms with E-state index in [2.05, 4.69) is 4.98 Å². The van der Waals surface area contributed by atoms with Gasteiger partial charge in [-0.05, 0) is 25.0 Å². The third-order valence-electron chi connectivity index (χ3n) is 3.12. The molecular formula is C11H15N3O4S. The molecular weight excluding hydrogens is 270 g/mol. The van der Waals surface area contributed by atoms with Crippen LogP contribution >= 0.6 is 0 Å². The first kappa shape index (κ1) is 13.8. The number of aromatic hydroxyl groups is 1. The summed E-state index contributed by atoms with van der Waals surface area (Å²) in [5, 5.41) is 13.9. The number of pyridine rings is 1. The molecule has 1 unspecified atom stereocenters. The van der Waals surface area contributed by atoms with E-state index in [1.165, 1.54) is 23.2 Å². The first-order chi connectivity index (χ1) is 8.89. The number of piperidine rings is 1. The van der Waals surface area contributed by atoms with Crippen LogP contribution in [0, 0.1) is 0 Å². The Balaban J connectivity index is 2.19. The van der Waals surface area contributed by atoms with Gasteiger partial charge in [0.05, 0.1) is 5.25 Å². The number of aromatic nitrogens is 1. The molecule has 1 aromatic heterocycles. The first-order valence-corrected chi connectivity index (χ1v) is 7.45. The molecule has 7 nitrogen and oxygen atoms in total. The summed E-state index contributed by atoms with van der Waals surface area (Å²) in [6, 6.07) is 2.87. The molecule has 0 bridgehead atoms. The van der Waals surface area contributed by atoms with Crippen LogP contribution < -0.4 is 5.14 Å². The van der Waals surface area contributed by atoms with Gasteiger partial charge in [-0.3, -0.25) is 4.79 Å². The van der Waals surface area contributed by atoms with Crippen molar-refractivity contribution in [3.05, 3.63) is 24.0 Å². The normalized spacial score (nSPS) is 20.3. The Kier molecular flexibility index (Phi) is 3.72. The fraction of sp³-hybridized carbons (Fsp3) is 0.455. The van der Waals surface area contributed by atoms with Gasteiger partial charge in [0.15, 0.2) is 5.69 Å². The fourth-order valence-corrected chi connectivity index (χ4v) is 2.99. The van der Waals surface area contributed by atoms with Crippen LogP contribution in [0.4, 0.5) is 0 Å². The van der Waals surface area contributed by atoms with Crippen molar-refractivity contribution >= 4 is 15.9 Å². The van der Waals surface area contributed by atoms with E-state index in [4.69, 9.17) is 5.14 Å². The van der Waals surface area contributed by atoms with Crippen LogP contribution in [0.15, 0.2) is 18.3 Å². The Morgan fingerprint density at radius 3 is 2.89 bits per heavy atom. The number of nitrogens with two attached hydrogens (primary N) is 1. The minimum Gasteiger partial charge on any atom is -0.505 e. The Hall–Kier alpha value is -1.67. The van der Waals surface area contributed by atoms with E-state index >= 15 is 0 Å². The number of likely N-dealkylation sites (tertiary alicyclic amines) is 1. The van der Waals surface area contributed by atoms with Crippen molar-refractivity contribution in [2.75, 3.05) is 13.1 Å². The monoisotopic (exact) mass is 285 g/mol. The standard InChI is InChI=1S/C11H15N3O4S/c12-19(17,18)8-3-2-6-14(7-8)11(16)10-9(15)4-1-5-13-10/h1,4-5,8,15H,2-3,6-7H2,(H2,12,17,18). The number of carbonyl (C=O) groups excluding carboxylic acids is 1. The molecule has 0 saturated carbocycles. The maximum atomic E-state index is 12.2. The van der Waals surface area contributed by atoms with Crippen molar-refractivity contribution in [1.82, 2.24) is 9.88 Å². The molecule has 1 atom stereocenters. The maximum absolute atomic E-state index is 12.2. The van der Waals surface area contributed by atoms with Crippen LogP contribution in [-0.4, -0.2) is 47.7 Å². The van der Waals surface area contributed by atoms with Gasteiger partial charge in [0.1, 0.15) is 5.75 Å². The molecule has 1 aromatic rings. The van der Waals surface area contributed by atoms with Gasteiger partial charge in [-0.25, -0.2) is 18.5 Å². The summed E-state index contributed by atoms with van der Waals surface area (Å²) in [5.41, 5.74) is -0.0717. The second-order valence-electron chi connectivity index (χ2n) is 4.48. The highest BCUT2D eigenvalue weighted by molar-refractivity contribution is 7.89. The summed E-state index contributed by atoms with van der Waals surface area (Å²) in [6.45, 7) is 0.467. The molecule has 0 aliphatic carbocycles. The van der Waals surface area contributed by atoms with E-state index in [-0.39, 0.29) is 18.0 Å². The van der Waals surface area contributed by atoms with Gasteiger partial charge >= 0.3 is 0 Å². The zero-order valence-corrected chi connectivity index (χ0v) is 11.0. The third-order valence-corrected chi connectivity index (χ3v) is 4.43. The molecule has 2 heterocycles. The quantitative estimate of drug-likeness (QED) is 0.773. The van der Waals surface area contributed by atoms with Gasteiger partial charge < -0.3 is 10.0 Å². The van der Waals surface area contributed by atoms with Crippen molar-refractivity contribution in [1.29, 1.82) is 0 Å². The Labute approximate surface area is 111 Å². The molecule has 1 aliphatic rings. The van der Waals surface area contributed by atoms with Crippen molar-refractivity contribution in [2.24, 2.45) is 5.14 Å². The second-order valence-corrected chi connectivity index (χ2v) is 6.32. The van der Waals surface area contributed by atoms with Crippen molar-refractivity contribution in [3.8, 4) is 5.75 Å². The third kappa shape index (κ3) is 3.02. The average molecular weight is 285 g/mol. The molecule has 0 aromatic carbocycles. The molecule has 19 heavy (non-hydrogen) atoms. The van der Waals surface area contributed by atoms with E-state index in [1.807, 2.05) is 0 Å². The largest absolute Gasteiger partial charge is 0.505 e. The van der Waals surface area contributed by atoms with E-state index in [0.29, 0.717) is 19.4 Å². The Morgan fingerprint density at radius 2 is 2.26 bits per heavy atom. The summed E-state index contributed by atoms with van der Waals surface area (Å²) < 4.78 is 22.7. The van der Waals surface area contributed by atoms with E-state index in [9.17, 15) is 18.3 Å². The lowest BCUT2D eigenvalue weighted by molar-refractivity contribution is 0.0717. The smallest absolute Gasteiger partial charge is 0.276 e. The average Bonchev–Trinajstić information content (AvgIpc) is 2.38. The van der Waals surface area contributed by atoms with E-state index in [1.54, 1.807) is 0 Å². The SMILES string of the molecule is NS(=O)(=O)C1CCCN(C(=O)c2ncccc2O)C1. The van der Waals surface area contributed by atoms with Crippen molar-refractivity contribution < 1.29 is 18.3 Å². The zero-order valence-electron chi connectivity index (χ0n) is 10.2. The van der Waals surface area contributed by atoms with E-state index < -0.39 is 21.2 Å². The summed E-state index contributed by atoms with van der Waals surface area (Å²) in [4.78, 5) is 17.3. The van der Waals surface area contributed by atoms with Gasteiger partial charge in [0, 0.05) is 19.3 Å². The van der Waals surface area contributed by atoms with Crippen LogP contribution in [0.25, 0.3) is 0 Å². The van der Waals surface area contributed by atoms with Gasteiger partial charge in [-0.1, -0.05) is 0 Å². The van der Waals surface area contributed by atoms with Crippen LogP contribution in [0.1, 0.15) is 23.3 Å². The molecule has 8 heteroatoms. The lowest BCUT2D eigenvalue weighted by atomic mass is 10.1. The molecule has 1 fully saturated rings. The Bertz CT molecular complexity index is 587. The number of carbonyl (C=O) groups is 1. The topological polar surface area (TPSA) is 114 Å². The summed E-state index contributed by atoms with van der Waals surface area (Å²) in [6.07, 6.45) is 2.39. The van der Waals surface area contributed by atoms with Gasteiger partial charge in [0.2, 0.25) is 10.0 Å². The van der Waals surface area contributed by atoms with Gasteiger partial charge in [0.25, 0.3) is 5.91 Å². The van der Waals surface area contributed by atoms with Crippen LogP contribution in [-0.2, 0) is 10.0 Å². The van der Waals surface area contributed by atoms with Crippen LogP contribution in [0.2, 0.25) is 0 Å². The molecule has 1 amide bonds. The molecule has 0 spiro atoms. The predicted molar refractivity (Wildman–Crippen MR) is 67.9 cm³/mol. The summed E-state index contributed by atoms with van der Waals surface area (Å²) >= 11 is 0. The zero-order chi connectivity index (χ0) is 14.0. The maximum Gasteiger partial charge on any atom is 0.276 e. The molecule has 0 radical (unpaired) electrons. The highest BCUT2D eigenvalue weighted by atomic mass is 32.2. The molecule has 2 rings (SSSR count). The summed E-state index contributed by atoms with van der Waals surface area (Å²) in [5.74, 6) is -0.698. The highest BCUT2D eigenvalue weighted by Crippen LogP contribution is 2.20. The number of nitrogens with zero attached hydrogens (tertiary/aromatic N) is 2. The lowest BCUT2D eigenvalue weighted by Crippen LogP contribution is -2.47. The summed E-state index contributed by atoms with van der Waals surface area (Å²) in [7, 11) is -3.66. The van der Waals surface area contributed by atoms with Gasteiger partial charge in [-0.15, -0.1) is 0 Å². The molecule has 1 saturated heterocycles. The Morgan fingerprint density at radius 1 is 1.53 bits per heavy atom. The van der Waals surface area contributed by atoms with Gasteiger partial charge in [-0.2, -0.15) is 0 Å². The fourth-order valence-electron chi connectivity index (χ4n) is 2.10. The minimum absolute atomic E-state index is 0.0354. The number of primary sulfonamides is 1. The predicted octanol–water partition coefficient (Wildman–Crippen LogP) is -0.320. The van der Waals surface area contributed by atoms with E-state index in [0.717, 1.165) is 0 Å². The van der Waals surface area contributed by atoms with Crippen molar-refractivity contribution in [3.63, 3.8) is 0 Å². The molecule has 104 valence electrons. The number of hydrogen-bond donors (Lipinski definition) is 2. The molecule has 3 N–H and O–H groups in total. The second kappa shape index (κ2) is 5.14. The molecule has 1 aliphatic heterocycles. The lowest BCUT2D eigenvalue weighted by Gasteiger charge is -2.31. The number of rotatable bonds is 2. The van der Waals surface area contributed by atoms with Crippen LogP contribution in [0.5, 0.6) is 5.75 Å². The van der Waals surface area contributed by atoms with Crippen LogP contribution in [0.3, 0.4) is 0 Å². The number of amides is 1. The van der Waals surface area contributed by atoms with Crippen molar-refractivity contribution in [2.45, 2.75) is 18.1 Å². The number of hydrogen-bond acceptors (Lipinski definition) is 5.